The number of halogens is 2. The summed E-state index contributed by atoms with van der Waals surface area (Å²) >= 11 is 6.23. The molecule has 0 saturated carbocycles. The first-order valence-corrected chi connectivity index (χ1v) is 11.2. The number of carbonyl (C=O) groups is 1. The van der Waals surface area contributed by atoms with Gasteiger partial charge < -0.3 is 4.90 Å². The fourth-order valence-electron chi connectivity index (χ4n) is 4.07. The molecule has 0 aliphatic rings. The predicted octanol–water partition coefficient (Wildman–Crippen LogP) is 5.79. The highest BCUT2D eigenvalue weighted by Gasteiger charge is 2.29. The lowest BCUT2D eigenvalue weighted by molar-refractivity contribution is 0.0671. The third kappa shape index (κ3) is 4.39. The first-order valence-electron chi connectivity index (χ1n) is 10.8. The second kappa shape index (κ2) is 9.55. The van der Waals surface area contributed by atoms with Crippen molar-refractivity contribution in [3.8, 4) is 5.69 Å². The fraction of sp³-hybridized carbons (Fsp3) is 0.192. The van der Waals surface area contributed by atoms with Gasteiger partial charge in [-0.1, -0.05) is 42.8 Å². The molecule has 0 aliphatic heterocycles. The van der Waals surface area contributed by atoms with Gasteiger partial charge >= 0.3 is 0 Å². The van der Waals surface area contributed by atoms with Crippen molar-refractivity contribution in [3.63, 3.8) is 0 Å². The van der Waals surface area contributed by atoms with Crippen LogP contribution in [0.4, 0.5) is 4.39 Å². The minimum absolute atomic E-state index is 0.243. The topological polar surface area (TPSA) is 55.2 Å². The predicted molar refractivity (Wildman–Crippen MR) is 128 cm³/mol. The summed E-state index contributed by atoms with van der Waals surface area (Å²) in [5.41, 5.74) is 1.11. The lowest BCUT2D eigenvalue weighted by atomic mass is 10.1. The van der Waals surface area contributed by atoms with Crippen molar-refractivity contribution in [3.05, 3.63) is 105 Å². The molecule has 7 heteroatoms. The second-order valence-corrected chi connectivity index (χ2v) is 8.07. The maximum atomic E-state index is 13.8. The van der Waals surface area contributed by atoms with Crippen LogP contribution in [0, 0.1) is 5.82 Å². The zero-order valence-corrected chi connectivity index (χ0v) is 19.1. The maximum Gasteiger partial charge on any atom is 0.266 e. The number of benzene rings is 3. The molecular formula is C26H23ClFN3O2. The van der Waals surface area contributed by atoms with E-state index in [1.165, 1.54) is 22.8 Å². The molecule has 0 aliphatic carbocycles. The Morgan fingerprint density at radius 3 is 2.52 bits per heavy atom. The van der Waals surface area contributed by atoms with E-state index in [1.54, 1.807) is 53.4 Å². The normalized spacial score (nSPS) is 12.0. The molecule has 168 valence electrons. The molecule has 1 aromatic heterocycles. The molecular weight excluding hydrogens is 441 g/mol. The minimum Gasteiger partial charge on any atom is -0.329 e. The zero-order chi connectivity index (χ0) is 23.5. The highest BCUT2D eigenvalue weighted by Crippen LogP contribution is 2.28. The molecule has 1 amide bonds. The smallest absolute Gasteiger partial charge is 0.266 e. The maximum absolute atomic E-state index is 13.8. The molecule has 4 aromatic rings. The van der Waals surface area contributed by atoms with Gasteiger partial charge in [-0.05, 0) is 61.9 Å². The van der Waals surface area contributed by atoms with E-state index in [4.69, 9.17) is 16.6 Å². The summed E-state index contributed by atoms with van der Waals surface area (Å²) in [5.74, 6) is -0.386. The van der Waals surface area contributed by atoms with Crippen molar-refractivity contribution >= 4 is 28.4 Å². The standard InChI is InChI=1S/C26H23ClFN3O2/c1-3-23(30(4-2)25(32)17-9-7-11-19(28)15-17)24-29-22-14-6-5-13-21(22)26(33)31(24)20-12-8-10-18(27)16-20/h5-16,23H,3-4H2,1-2H3. The van der Waals surface area contributed by atoms with Crippen molar-refractivity contribution in [1.82, 2.24) is 14.5 Å². The largest absolute Gasteiger partial charge is 0.329 e. The SMILES string of the molecule is CCC(c1nc2ccccc2c(=O)n1-c1cccc(Cl)c1)N(CC)C(=O)c1cccc(F)c1. The van der Waals surface area contributed by atoms with Crippen molar-refractivity contribution in [2.75, 3.05) is 6.54 Å². The van der Waals surface area contributed by atoms with Gasteiger partial charge in [-0.25, -0.2) is 9.37 Å². The first kappa shape index (κ1) is 22.7. The number of nitrogens with zero attached hydrogens (tertiary/aromatic N) is 3. The third-order valence-corrected chi connectivity index (χ3v) is 5.84. The van der Waals surface area contributed by atoms with Crippen LogP contribution in [0.5, 0.6) is 0 Å². The third-order valence-electron chi connectivity index (χ3n) is 5.60. The van der Waals surface area contributed by atoms with Gasteiger partial charge in [0.05, 0.1) is 22.6 Å². The summed E-state index contributed by atoms with van der Waals surface area (Å²) in [7, 11) is 0. The molecule has 1 atom stereocenters. The van der Waals surface area contributed by atoms with Crippen LogP contribution in [0.1, 0.15) is 42.5 Å². The Kier molecular flexibility index (Phi) is 6.56. The number of aromatic nitrogens is 2. The van der Waals surface area contributed by atoms with E-state index in [1.807, 2.05) is 19.9 Å². The van der Waals surface area contributed by atoms with Crippen LogP contribution < -0.4 is 5.56 Å². The molecule has 4 rings (SSSR count). The molecule has 0 radical (unpaired) electrons. The van der Waals surface area contributed by atoms with Crippen LogP contribution in [0.15, 0.2) is 77.6 Å². The average Bonchev–Trinajstić information content (AvgIpc) is 2.82. The Bertz CT molecular complexity index is 1390. The van der Waals surface area contributed by atoms with E-state index >= 15 is 0 Å². The lowest BCUT2D eigenvalue weighted by Crippen LogP contribution is -2.38. The Labute approximate surface area is 196 Å². The summed E-state index contributed by atoms with van der Waals surface area (Å²) in [4.78, 5) is 33.4. The summed E-state index contributed by atoms with van der Waals surface area (Å²) in [6, 6.07) is 19.2. The van der Waals surface area contributed by atoms with Crippen LogP contribution in [0.25, 0.3) is 16.6 Å². The van der Waals surface area contributed by atoms with Crippen LogP contribution in [-0.4, -0.2) is 26.9 Å². The number of hydrogen-bond donors (Lipinski definition) is 0. The van der Waals surface area contributed by atoms with Gasteiger partial charge in [0.2, 0.25) is 0 Å². The minimum atomic E-state index is -0.526. The molecule has 0 N–H and O–H groups in total. The van der Waals surface area contributed by atoms with Crippen molar-refractivity contribution in [1.29, 1.82) is 0 Å². The van der Waals surface area contributed by atoms with Crippen LogP contribution in [0.2, 0.25) is 5.02 Å². The number of fused-ring (bicyclic) bond motifs is 1. The molecule has 3 aromatic carbocycles. The van der Waals surface area contributed by atoms with Gasteiger partial charge in [0.1, 0.15) is 11.6 Å². The summed E-state index contributed by atoms with van der Waals surface area (Å²) in [6.07, 6.45) is 0.500. The van der Waals surface area contributed by atoms with Crippen LogP contribution in [0.3, 0.4) is 0 Å². The van der Waals surface area contributed by atoms with E-state index in [0.717, 1.165) is 0 Å². The van der Waals surface area contributed by atoms with Crippen LogP contribution >= 0.6 is 11.6 Å². The van der Waals surface area contributed by atoms with E-state index in [9.17, 15) is 14.0 Å². The molecule has 5 nitrogen and oxygen atoms in total. The number of carbonyl (C=O) groups excluding carboxylic acids is 1. The number of rotatable bonds is 6. The number of hydrogen-bond acceptors (Lipinski definition) is 3. The van der Waals surface area contributed by atoms with Gasteiger partial charge in [-0.15, -0.1) is 0 Å². The van der Waals surface area contributed by atoms with E-state index in [2.05, 4.69) is 0 Å². The lowest BCUT2D eigenvalue weighted by Gasteiger charge is -2.31. The molecule has 0 spiro atoms. The van der Waals surface area contributed by atoms with Gasteiger partial charge in [-0.2, -0.15) is 0 Å². The Balaban J connectivity index is 1.95. The summed E-state index contributed by atoms with van der Waals surface area (Å²) < 4.78 is 15.3. The van der Waals surface area contributed by atoms with Gasteiger partial charge in [0, 0.05) is 17.1 Å². The van der Waals surface area contributed by atoms with Crippen molar-refractivity contribution in [2.45, 2.75) is 26.3 Å². The Hall–Kier alpha value is -3.51. The van der Waals surface area contributed by atoms with Gasteiger partial charge in [0.25, 0.3) is 11.5 Å². The van der Waals surface area contributed by atoms with Crippen LogP contribution in [-0.2, 0) is 0 Å². The monoisotopic (exact) mass is 463 g/mol. The van der Waals surface area contributed by atoms with Crippen molar-refractivity contribution < 1.29 is 9.18 Å². The average molecular weight is 464 g/mol. The van der Waals surface area contributed by atoms with E-state index in [-0.39, 0.29) is 17.0 Å². The molecule has 0 bridgehead atoms. The number of amides is 1. The number of para-hydroxylation sites is 1. The highest BCUT2D eigenvalue weighted by atomic mass is 35.5. The van der Waals surface area contributed by atoms with Gasteiger partial charge in [0.15, 0.2) is 0 Å². The summed E-state index contributed by atoms with van der Waals surface area (Å²) in [6.45, 7) is 4.13. The zero-order valence-electron chi connectivity index (χ0n) is 18.3. The second-order valence-electron chi connectivity index (χ2n) is 7.63. The van der Waals surface area contributed by atoms with E-state index in [0.29, 0.717) is 40.4 Å². The quantitative estimate of drug-likeness (QED) is 0.363. The highest BCUT2D eigenvalue weighted by molar-refractivity contribution is 6.30. The molecule has 0 fully saturated rings. The molecule has 1 unspecified atom stereocenters. The van der Waals surface area contributed by atoms with Gasteiger partial charge in [-0.3, -0.25) is 14.2 Å². The fourth-order valence-corrected chi connectivity index (χ4v) is 4.26. The first-order chi connectivity index (χ1) is 15.9. The summed E-state index contributed by atoms with van der Waals surface area (Å²) in [5, 5.41) is 0.949. The Morgan fingerprint density at radius 1 is 1.06 bits per heavy atom. The van der Waals surface area contributed by atoms with E-state index < -0.39 is 11.9 Å². The van der Waals surface area contributed by atoms with Crippen molar-refractivity contribution in [2.24, 2.45) is 0 Å². The molecule has 33 heavy (non-hydrogen) atoms. The Morgan fingerprint density at radius 2 is 1.82 bits per heavy atom. The molecule has 0 saturated heterocycles. The molecule has 1 heterocycles.